The molecule has 0 fully saturated rings. The van der Waals surface area contributed by atoms with Gasteiger partial charge in [-0.3, -0.25) is 10.1 Å². The number of anilines is 1. The van der Waals surface area contributed by atoms with E-state index in [1.165, 1.54) is 33.9 Å². The van der Waals surface area contributed by atoms with Crippen LogP contribution < -0.4 is 5.01 Å². The number of hydrogen-bond acceptors (Lipinski definition) is 7. The maximum absolute atomic E-state index is 10.9. The Balaban J connectivity index is 1.49. The van der Waals surface area contributed by atoms with Crippen LogP contribution in [-0.2, 0) is 0 Å². The molecule has 1 aliphatic rings. The molecule has 6 nitrogen and oxygen atoms in total. The van der Waals surface area contributed by atoms with Crippen LogP contribution in [0.3, 0.4) is 0 Å². The van der Waals surface area contributed by atoms with Crippen LogP contribution in [0.2, 0.25) is 0 Å². The van der Waals surface area contributed by atoms with Crippen LogP contribution in [0.4, 0.5) is 10.8 Å². The van der Waals surface area contributed by atoms with Gasteiger partial charge in [-0.25, -0.2) is 9.99 Å². The van der Waals surface area contributed by atoms with Crippen molar-refractivity contribution in [2.45, 2.75) is 12.5 Å². The molecule has 2 aromatic carbocycles. The Labute approximate surface area is 180 Å². The molecule has 0 amide bonds. The lowest BCUT2D eigenvalue weighted by Crippen LogP contribution is -2.18. The van der Waals surface area contributed by atoms with Gasteiger partial charge in [0.25, 0.3) is 5.69 Å². The molecule has 0 N–H and O–H groups in total. The lowest BCUT2D eigenvalue weighted by molar-refractivity contribution is -0.384. The number of non-ortho nitro benzene ring substituents is 1. The highest BCUT2D eigenvalue weighted by molar-refractivity contribution is 7.14. The first-order valence-corrected chi connectivity index (χ1v) is 11.1. The monoisotopic (exact) mass is 432 g/mol. The van der Waals surface area contributed by atoms with E-state index in [2.05, 4.69) is 23.6 Å². The van der Waals surface area contributed by atoms with Crippen LogP contribution in [0, 0.1) is 10.1 Å². The van der Waals surface area contributed by atoms with Gasteiger partial charge in [-0.05, 0) is 29.1 Å². The molecule has 0 bridgehead atoms. The zero-order chi connectivity index (χ0) is 20.5. The summed E-state index contributed by atoms with van der Waals surface area (Å²) < 4.78 is 0. The summed E-state index contributed by atoms with van der Waals surface area (Å²) in [6.07, 6.45) is 0.816. The average Bonchev–Trinajstić information content (AvgIpc) is 3.54. The van der Waals surface area contributed by atoms with E-state index >= 15 is 0 Å². The molecule has 4 aromatic rings. The number of thiophene rings is 1. The zero-order valence-corrected chi connectivity index (χ0v) is 17.3. The van der Waals surface area contributed by atoms with Crippen molar-refractivity contribution in [2.24, 2.45) is 5.10 Å². The second kappa shape index (κ2) is 7.81. The largest absolute Gasteiger partial charge is 0.269 e. The Morgan fingerprint density at radius 3 is 2.50 bits per heavy atom. The number of nitro groups is 1. The summed E-state index contributed by atoms with van der Waals surface area (Å²) in [5, 5.41) is 22.7. The van der Waals surface area contributed by atoms with Crippen molar-refractivity contribution in [2.75, 3.05) is 5.01 Å². The highest BCUT2D eigenvalue weighted by Crippen LogP contribution is 2.39. The minimum Gasteiger partial charge on any atom is -0.258 e. The van der Waals surface area contributed by atoms with E-state index in [1.54, 1.807) is 23.5 Å². The topological polar surface area (TPSA) is 71.6 Å². The third-order valence-corrected chi connectivity index (χ3v) is 6.71. The number of nitrogens with zero attached hydrogens (tertiary/aromatic N) is 4. The van der Waals surface area contributed by atoms with E-state index in [-0.39, 0.29) is 11.7 Å². The van der Waals surface area contributed by atoms with E-state index < -0.39 is 4.92 Å². The van der Waals surface area contributed by atoms with Crippen molar-refractivity contribution in [3.05, 3.63) is 98.0 Å². The first kappa shape index (κ1) is 18.7. The molecule has 3 heterocycles. The number of aromatic nitrogens is 1. The van der Waals surface area contributed by atoms with Gasteiger partial charge in [0.05, 0.1) is 27.2 Å². The van der Waals surface area contributed by atoms with E-state index in [1.807, 2.05) is 34.7 Å². The Hall–Kier alpha value is -3.36. The molecule has 0 aliphatic carbocycles. The molecule has 5 rings (SSSR count). The number of benzene rings is 2. The fraction of sp³-hybridized carbons (Fsp3) is 0.0909. The number of rotatable bonds is 5. The molecule has 1 atom stereocenters. The molecule has 0 unspecified atom stereocenters. The first-order valence-electron chi connectivity index (χ1n) is 9.35. The van der Waals surface area contributed by atoms with Gasteiger partial charge in [0.1, 0.15) is 0 Å². The van der Waals surface area contributed by atoms with Crippen LogP contribution in [-0.4, -0.2) is 15.6 Å². The zero-order valence-electron chi connectivity index (χ0n) is 15.7. The van der Waals surface area contributed by atoms with Gasteiger partial charge in [-0.15, -0.1) is 22.7 Å². The summed E-state index contributed by atoms with van der Waals surface area (Å²) in [6, 6.07) is 21.0. The van der Waals surface area contributed by atoms with Crippen molar-refractivity contribution in [3.63, 3.8) is 0 Å². The summed E-state index contributed by atoms with van der Waals surface area (Å²) in [5.41, 5.74) is 3.96. The molecule has 0 radical (unpaired) electrons. The number of thiazole rings is 1. The molecule has 30 heavy (non-hydrogen) atoms. The molecular formula is C22H16N4O2S2. The minimum absolute atomic E-state index is 0.0723. The Morgan fingerprint density at radius 1 is 1.00 bits per heavy atom. The molecule has 148 valence electrons. The van der Waals surface area contributed by atoms with Crippen molar-refractivity contribution in [3.8, 4) is 11.3 Å². The van der Waals surface area contributed by atoms with Gasteiger partial charge in [0.2, 0.25) is 5.13 Å². The summed E-state index contributed by atoms with van der Waals surface area (Å²) >= 11 is 3.22. The summed E-state index contributed by atoms with van der Waals surface area (Å²) in [7, 11) is 0. The van der Waals surface area contributed by atoms with Gasteiger partial charge < -0.3 is 0 Å². The van der Waals surface area contributed by atoms with Crippen LogP contribution in [0.15, 0.2) is 82.6 Å². The van der Waals surface area contributed by atoms with E-state index in [9.17, 15) is 10.1 Å². The van der Waals surface area contributed by atoms with Gasteiger partial charge >= 0.3 is 0 Å². The smallest absolute Gasteiger partial charge is 0.258 e. The normalized spacial score (nSPS) is 15.9. The quantitative estimate of drug-likeness (QED) is 0.281. The molecule has 2 aromatic heterocycles. The van der Waals surface area contributed by atoms with Gasteiger partial charge in [0, 0.05) is 29.5 Å². The van der Waals surface area contributed by atoms with E-state index in [0.29, 0.717) is 0 Å². The van der Waals surface area contributed by atoms with Crippen LogP contribution in [0.1, 0.15) is 22.9 Å². The second-order valence-electron chi connectivity index (χ2n) is 6.82. The molecule has 0 spiro atoms. The predicted molar refractivity (Wildman–Crippen MR) is 121 cm³/mol. The summed E-state index contributed by atoms with van der Waals surface area (Å²) in [5.74, 6) is 0. The predicted octanol–water partition coefficient (Wildman–Crippen LogP) is 6.14. The van der Waals surface area contributed by atoms with Crippen LogP contribution in [0.5, 0.6) is 0 Å². The average molecular weight is 433 g/mol. The van der Waals surface area contributed by atoms with Crippen LogP contribution in [0.25, 0.3) is 11.3 Å². The summed E-state index contributed by atoms with van der Waals surface area (Å²) in [6.45, 7) is 0. The Morgan fingerprint density at radius 2 is 1.80 bits per heavy atom. The Kier molecular flexibility index (Phi) is 4.86. The van der Waals surface area contributed by atoms with Gasteiger partial charge in [-0.2, -0.15) is 5.10 Å². The van der Waals surface area contributed by atoms with Crippen molar-refractivity contribution in [1.29, 1.82) is 0 Å². The van der Waals surface area contributed by atoms with Crippen LogP contribution >= 0.6 is 22.7 Å². The Bertz CT molecular complexity index is 1200. The number of hydrogen-bond donors (Lipinski definition) is 0. The van der Waals surface area contributed by atoms with E-state index in [4.69, 9.17) is 10.1 Å². The summed E-state index contributed by atoms with van der Waals surface area (Å²) in [4.78, 5) is 16.5. The standard InChI is InChI=1S/C22H16N4O2S2/c27-26(28)17-10-8-15(9-11-17)19-14-30-22(23-19)25-20(16-5-2-1-3-6-16)13-18(24-25)21-7-4-12-29-21/h1-12,14,20H,13H2/t20-/m1/s1. The maximum Gasteiger partial charge on any atom is 0.269 e. The minimum atomic E-state index is -0.397. The first-order chi connectivity index (χ1) is 14.7. The SMILES string of the molecule is O=[N+]([O-])c1ccc(-c2csc(N3N=C(c4cccs4)C[C@@H]3c3ccccc3)n2)cc1. The number of hydrazone groups is 1. The lowest BCUT2D eigenvalue weighted by Gasteiger charge is -2.21. The maximum atomic E-state index is 10.9. The molecule has 0 saturated carbocycles. The lowest BCUT2D eigenvalue weighted by atomic mass is 10.0. The number of nitro benzene ring substituents is 1. The van der Waals surface area contributed by atoms with Gasteiger partial charge in [-0.1, -0.05) is 36.4 Å². The molecule has 1 aliphatic heterocycles. The third-order valence-electron chi connectivity index (χ3n) is 4.96. The second-order valence-corrected chi connectivity index (χ2v) is 8.60. The van der Waals surface area contributed by atoms with Crippen molar-refractivity contribution >= 4 is 39.2 Å². The highest BCUT2D eigenvalue weighted by atomic mass is 32.1. The van der Waals surface area contributed by atoms with Crippen molar-refractivity contribution < 1.29 is 4.92 Å². The highest BCUT2D eigenvalue weighted by Gasteiger charge is 2.32. The third kappa shape index (κ3) is 3.51. The van der Waals surface area contributed by atoms with Gasteiger partial charge in [0.15, 0.2) is 0 Å². The van der Waals surface area contributed by atoms with Crippen molar-refractivity contribution in [1.82, 2.24) is 4.98 Å². The van der Waals surface area contributed by atoms with E-state index in [0.717, 1.165) is 28.5 Å². The molecule has 0 saturated heterocycles. The molecule has 8 heteroatoms. The molecular weight excluding hydrogens is 416 g/mol. The fourth-order valence-electron chi connectivity index (χ4n) is 3.47. The fourth-order valence-corrected chi connectivity index (χ4v) is 5.02.